The summed E-state index contributed by atoms with van der Waals surface area (Å²) < 4.78 is 0. The summed E-state index contributed by atoms with van der Waals surface area (Å²) in [5.74, 6) is -0.0266. The van der Waals surface area contributed by atoms with Gasteiger partial charge >= 0.3 is 0 Å². The van der Waals surface area contributed by atoms with Crippen molar-refractivity contribution in [3.8, 4) is 0 Å². The van der Waals surface area contributed by atoms with Crippen LogP contribution < -0.4 is 5.32 Å². The van der Waals surface area contributed by atoms with Crippen LogP contribution in [0.5, 0.6) is 0 Å². The van der Waals surface area contributed by atoms with Crippen LogP contribution >= 0.6 is 23.2 Å². The molecule has 0 radical (unpaired) electrons. The third-order valence-corrected chi connectivity index (χ3v) is 5.44. The number of anilines is 1. The molecule has 0 spiro atoms. The number of halogens is 2. The average molecular weight is 397 g/mol. The Kier molecular flexibility index (Phi) is 5.06. The van der Waals surface area contributed by atoms with Gasteiger partial charge in [0, 0.05) is 27.8 Å². The lowest BCUT2D eigenvalue weighted by Gasteiger charge is -2.39. The van der Waals surface area contributed by atoms with Crippen molar-refractivity contribution >= 4 is 34.8 Å². The van der Waals surface area contributed by atoms with E-state index < -0.39 is 6.17 Å². The fraction of sp³-hybridized carbons (Fsp3) is 0.136. The molecule has 27 heavy (non-hydrogen) atoms. The quantitative estimate of drug-likeness (QED) is 0.603. The third kappa shape index (κ3) is 3.53. The van der Waals surface area contributed by atoms with Gasteiger partial charge in [-0.25, -0.2) is 0 Å². The number of carbonyl (C=O) groups excluding carboxylic acids is 1. The minimum atomic E-state index is -0.419. The molecule has 1 aliphatic heterocycles. The number of benzene rings is 3. The van der Waals surface area contributed by atoms with Crippen LogP contribution in [0.15, 0.2) is 72.8 Å². The van der Waals surface area contributed by atoms with Gasteiger partial charge in [0.25, 0.3) is 5.91 Å². The molecule has 1 amide bonds. The van der Waals surface area contributed by atoms with E-state index in [4.69, 9.17) is 23.2 Å². The van der Waals surface area contributed by atoms with Gasteiger partial charge in [0.1, 0.15) is 6.17 Å². The number of nitrogens with zero attached hydrogens (tertiary/aromatic N) is 1. The maximum Gasteiger partial charge on any atom is 0.257 e. The van der Waals surface area contributed by atoms with Crippen LogP contribution in [0.2, 0.25) is 10.0 Å². The predicted octanol–water partition coefficient (Wildman–Crippen LogP) is 5.80. The molecule has 0 saturated heterocycles. The topological polar surface area (TPSA) is 32.3 Å². The second-order valence-electron chi connectivity index (χ2n) is 6.46. The molecule has 3 aromatic rings. The van der Waals surface area contributed by atoms with E-state index in [1.807, 2.05) is 47.4 Å². The van der Waals surface area contributed by atoms with E-state index in [0.29, 0.717) is 22.2 Å². The normalized spacial score (nSPS) is 16.0. The standard InChI is InChI=1S/C22H18Cl2N2O/c23-17-10-6-11-18(24)20(17)21-25-19-12-5-4-9-16(19)22(27)26(21)14-13-15-7-2-1-3-8-15/h1-12,21,25H,13-14H2. The van der Waals surface area contributed by atoms with Crippen LogP contribution in [0.25, 0.3) is 0 Å². The average Bonchev–Trinajstić information content (AvgIpc) is 2.68. The van der Waals surface area contributed by atoms with Gasteiger partial charge in [-0.05, 0) is 36.2 Å². The van der Waals surface area contributed by atoms with Crippen molar-refractivity contribution < 1.29 is 4.79 Å². The van der Waals surface area contributed by atoms with Crippen LogP contribution in [0.1, 0.15) is 27.7 Å². The zero-order chi connectivity index (χ0) is 18.8. The van der Waals surface area contributed by atoms with Gasteiger partial charge in [0.15, 0.2) is 0 Å². The summed E-state index contributed by atoms with van der Waals surface area (Å²) in [6.45, 7) is 0.552. The molecule has 1 N–H and O–H groups in total. The number of carbonyl (C=O) groups is 1. The molecule has 3 aromatic carbocycles. The highest BCUT2D eigenvalue weighted by molar-refractivity contribution is 6.36. The van der Waals surface area contributed by atoms with E-state index in [-0.39, 0.29) is 5.91 Å². The van der Waals surface area contributed by atoms with Crippen LogP contribution in [-0.2, 0) is 6.42 Å². The molecule has 0 bridgehead atoms. The number of hydrogen-bond donors (Lipinski definition) is 1. The Hall–Kier alpha value is -2.49. The Balaban J connectivity index is 1.73. The fourth-order valence-electron chi connectivity index (χ4n) is 3.42. The second kappa shape index (κ2) is 7.63. The van der Waals surface area contributed by atoms with Crippen molar-refractivity contribution in [3.05, 3.63) is 99.5 Å². The highest BCUT2D eigenvalue weighted by atomic mass is 35.5. The highest BCUT2D eigenvalue weighted by Gasteiger charge is 2.34. The number of para-hydroxylation sites is 1. The first-order valence-corrected chi connectivity index (χ1v) is 9.55. The summed E-state index contributed by atoms with van der Waals surface area (Å²) in [7, 11) is 0. The number of hydrogen-bond acceptors (Lipinski definition) is 2. The third-order valence-electron chi connectivity index (χ3n) is 4.78. The maximum absolute atomic E-state index is 13.2. The second-order valence-corrected chi connectivity index (χ2v) is 7.28. The molecule has 1 atom stereocenters. The van der Waals surface area contributed by atoms with E-state index in [1.54, 1.807) is 18.2 Å². The lowest BCUT2D eigenvalue weighted by molar-refractivity contribution is 0.0686. The summed E-state index contributed by atoms with van der Waals surface area (Å²) >= 11 is 12.9. The predicted molar refractivity (Wildman–Crippen MR) is 110 cm³/mol. The largest absolute Gasteiger partial charge is 0.361 e. The van der Waals surface area contributed by atoms with Crippen molar-refractivity contribution in [3.63, 3.8) is 0 Å². The SMILES string of the molecule is O=C1c2ccccc2NC(c2c(Cl)cccc2Cl)N1CCc1ccccc1. The van der Waals surface area contributed by atoms with Crippen molar-refractivity contribution in [2.45, 2.75) is 12.6 Å². The Morgan fingerprint density at radius 1 is 0.852 bits per heavy atom. The lowest BCUT2D eigenvalue weighted by atomic mass is 10.0. The molecule has 1 unspecified atom stereocenters. The molecule has 0 saturated carbocycles. The van der Waals surface area contributed by atoms with Crippen molar-refractivity contribution in [1.29, 1.82) is 0 Å². The molecule has 1 aliphatic rings. The van der Waals surface area contributed by atoms with E-state index in [2.05, 4.69) is 17.4 Å². The maximum atomic E-state index is 13.2. The molecular weight excluding hydrogens is 379 g/mol. The van der Waals surface area contributed by atoms with Gasteiger partial charge < -0.3 is 10.2 Å². The fourth-order valence-corrected chi connectivity index (χ4v) is 4.02. The van der Waals surface area contributed by atoms with Gasteiger partial charge in [-0.3, -0.25) is 4.79 Å². The van der Waals surface area contributed by atoms with Crippen LogP contribution in [0.3, 0.4) is 0 Å². The van der Waals surface area contributed by atoms with E-state index in [0.717, 1.165) is 17.7 Å². The minimum Gasteiger partial charge on any atom is -0.361 e. The van der Waals surface area contributed by atoms with Crippen LogP contribution in [0, 0.1) is 0 Å². The smallest absolute Gasteiger partial charge is 0.257 e. The van der Waals surface area contributed by atoms with Gasteiger partial charge in [0.05, 0.1) is 5.56 Å². The van der Waals surface area contributed by atoms with Crippen molar-refractivity contribution in [1.82, 2.24) is 4.90 Å². The summed E-state index contributed by atoms with van der Waals surface area (Å²) in [6, 6.07) is 23.0. The lowest BCUT2D eigenvalue weighted by Crippen LogP contribution is -2.44. The highest BCUT2D eigenvalue weighted by Crippen LogP contribution is 2.39. The minimum absolute atomic E-state index is 0.0266. The number of rotatable bonds is 4. The van der Waals surface area contributed by atoms with Gasteiger partial charge in [-0.1, -0.05) is 71.7 Å². The summed E-state index contributed by atoms with van der Waals surface area (Å²) in [4.78, 5) is 15.1. The van der Waals surface area contributed by atoms with E-state index in [1.165, 1.54) is 5.56 Å². The molecule has 1 heterocycles. The van der Waals surface area contributed by atoms with Crippen LogP contribution in [-0.4, -0.2) is 17.4 Å². The Morgan fingerprint density at radius 2 is 1.52 bits per heavy atom. The molecule has 0 aliphatic carbocycles. The molecule has 0 fully saturated rings. The molecule has 136 valence electrons. The molecule has 0 aromatic heterocycles. The molecular formula is C22H18Cl2N2O. The molecule has 3 nitrogen and oxygen atoms in total. The first-order chi connectivity index (χ1) is 13.1. The van der Waals surface area contributed by atoms with E-state index >= 15 is 0 Å². The van der Waals surface area contributed by atoms with Crippen molar-refractivity contribution in [2.24, 2.45) is 0 Å². The summed E-state index contributed by atoms with van der Waals surface area (Å²) in [6.07, 6.45) is 0.326. The van der Waals surface area contributed by atoms with Gasteiger partial charge in [-0.2, -0.15) is 0 Å². The van der Waals surface area contributed by atoms with Crippen LogP contribution in [0.4, 0.5) is 5.69 Å². The zero-order valence-corrected chi connectivity index (χ0v) is 16.0. The Labute approximate surface area is 168 Å². The summed E-state index contributed by atoms with van der Waals surface area (Å²) in [5, 5.41) is 4.53. The molecule has 5 heteroatoms. The zero-order valence-electron chi connectivity index (χ0n) is 14.5. The first-order valence-electron chi connectivity index (χ1n) is 8.79. The first kappa shape index (κ1) is 17.9. The number of fused-ring (bicyclic) bond motifs is 1. The summed E-state index contributed by atoms with van der Waals surface area (Å²) in [5.41, 5.74) is 3.34. The van der Waals surface area contributed by atoms with E-state index in [9.17, 15) is 4.79 Å². The van der Waals surface area contributed by atoms with Gasteiger partial charge in [-0.15, -0.1) is 0 Å². The Morgan fingerprint density at radius 3 is 2.26 bits per heavy atom. The molecule has 4 rings (SSSR count). The number of nitrogens with one attached hydrogen (secondary N) is 1. The number of amides is 1. The Bertz CT molecular complexity index is 955. The monoisotopic (exact) mass is 396 g/mol. The van der Waals surface area contributed by atoms with Crippen molar-refractivity contribution in [2.75, 3.05) is 11.9 Å². The van der Waals surface area contributed by atoms with Gasteiger partial charge in [0.2, 0.25) is 0 Å².